The Morgan fingerprint density at radius 1 is 0.986 bits per heavy atom. The molecule has 5 heterocycles. The van der Waals surface area contributed by atoms with E-state index >= 15 is 8.78 Å². The Labute approximate surface area is 424 Å². The van der Waals surface area contributed by atoms with Crippen molar-refractivity contribution in [1.29, 1.82) is 0 Å². The van der Waals surface area contributed by atoms with Gasteiger partial charge in [0.1, 0.15) is 23.8 Å². The smallest absolute Gasteiger partial charge is 0.329 e. The van der Waals surface area contributed by atoms with Gasteiger partial charge in [0.15, 0.2) is 17.4 Å². The standard InChI is InChI=1S/C55H65ClF2N8O6/c1-33-47-45(31-42(57)50(56)49(47)48-41(52(59)69)13-14-44(51(48)58)71-28-27-67)72-55(33,37-8-4-3-5-9-37)20-21-60-38-10-6-7-34(29-38)32-64-22-17-39(18-23-64)65-24-15-35(16-25-65)36-11-12-40-43(30-36)63(2)62-53(40)66-26-19-46(68)61-54(66)70/h3-5,8-9,11-14,30-31,33-35,38-39,60,67H,6-7,10,15-29,32H2,1-2H3,(H2,59,69)(H,61,68,70)/t33-,34-,38-,55-/m0/s1. The quantitative estimate of drug-likeness (QED) is 0.0801. The first-order valence-corrected chi connectivity index (χ1v) is 26.1. The van der Waals surface area contributed by atoms with Crippen LogP contribution in [0.1, 0.15) is 110 Å². The van der Waals surface area contributed by atoms with Crippen molar-refractivity contribution in [2.24, 2.45) is 18.7 Å². The van der Waals surface area contributed by atoms with Crippen LogP contribution in [0.2, 0.25) is 5.02 Å². The molecule has 17 heteroatoms. The normalized spacial score (nSPS) is 23.6. The van der Waals surface area contributed by atoms with Crippen LogP contribution in [0.15, 0.2) is 66.7 Å². The first-order chi connectivity index (χ1) is 34.8. The number of likely N-dealkylation sites (tertiary alicyclic amines) is 2. The zero-order valence-corrected chi connectivity index (χ0v) is 41.9. The summed E-state index contributed by atoms with van der Waals surface area (Å²) in [5, 5.41) is 20.9. The number of hydrogen-bond acceptors (Lipinski definition) is 10. The van der Waals surface area contributed by atoms with Crippen molar-refractivity contribution in [3.63, 3.8) is 0 Å². The first kappa shape index (κ1) is 49.9. The van der Waals surface area contributed by atoms with E-state index < -0.39 is 35.1 Å². The largest absolute Gasteiger partial charge is 0.488 e. The summed E-state index contributed by atoms with van der Waals surface area (Å²) >= 11 is 6.75. The van der Waals surface area contributed by atoms with Gasteiger partial charge >= 0.3 is 6.03 Å². The molecule has 0 unspecified atom stereocenters. The van der Waals surface area contributed by atoms with Gasteiger partial charge in [-0.1, -0.05) is 61.3 Å². The number of rotatable bonds is 15. The van der Waals surface area contributed by atoms with Crippen LogP contribution in [0.3, 0.4) is 0 Å². The van der Waals surface area contributed by atoms with Crippen LogP contribution >= 0.6 is 11.6 Å². The predicted molar refractivity (Wildman–Crippen MR) is 273 cm³/mol. The van der Waals surface area contributed by atoms with Crippen LogP contribution in [0, 0.1) is 17.6 Å². The number of nitrogens with one attached hydrogen (secondary N) is 2. The van der Waals surface area contributed by atoms with Gasteiger partial charge in [0, 0.05) is 79.1 Å². The van der Waals surface area contributed by atoms with E-state index in [4.69, 9.17) is 26.8 Å². The average molecular weight is 1010 g/mol. The third kappa shape index (κ3) is 9.68. The highest BCUT2D eigenvalue weighted by molar-refractivity contribution is 6.34. The number of carbonyl (C=O) groups excluding carboxylic acids is 3. The summed E-state index contributed by atoms with van der Waals surface area (Å²) in [5.74, 6) is -1.76. The minimum atomic E-state index is -0.984. The predicted octanol–water partition coefficient (Wildman–Crippen LogP) is 8.36. The van der Waals surface area contributed by atoms with Crippen molar-refractivity contribution in [2.75, 3.05) is 63.9 Å². The van der Waals surface area contributed by atoms with Crippen molar-refractivity contribution in [1.82, 2.24) is 30.2 Å². The lowest BCUT2D eigenvalue weighted by Crippen LogP contribution is -2.49. The number of urea groups is 1. The number of nitrogens with two attached hydrogens (primary N) is 1. The van der Waals surface area contributed by atoms with Crippen LogP contribution in [-0.4, -0.2) is 114 Å². The molecular weight excluding hydrogens is 942 g/mol. The second-order valence-electron chi connectivity index (χ2n) is 20.5. The Bertz CT molecular complexity index is 2830. The number of imide groups is 1. The zero-order valence-electron chi connectivity index (χ0n) is 41.1. The lowest BCUT2D eigenvalue weighted by atomic mass is 9.75. The molecular formula is C55H65ClF2N8O6. The Hall–Kier alpha value is -5.65. The summed E-state index contributed by atoms with van der Waals surface area (Å²) in [5.41, 5.74) is 8.01. The summed E-state index contributed by atoms with van der Waals surface area (Å²) in [6, 6.07) is 20.7. The number of ether oxygens (including phenoxy) is 2. The molecule has 0 spiro atoms. The van der Waals surface area contributed by atoms with Gasteiger partial charge in [-0.2, -0.15) is 5.10 Å². The van der Waals surface area contributed by atoms with Crippen LogP contribution in [0.25, 0.3) is 22.0 Å². The fourth-order valence-electron chi connectivity index (χ4n) is 12.6. The lowest BCUT2D eigenvalue weighted by Gasteiger charge is -2.43. The van der Waals surface area contributed by atoms with Crippen LogP contribution in [-0.2, 0) is 17.4 Å². The second-order valence-corrected chi connectivity index (χ2v) is 20.9. The van der Waals surface area contributed by atoms with E-state index in [1.807, 2.05) is 49.0 Å². The maximum Gasteiger partial charge on any atom is 0.329 e. The summed E-state index contributed by atoms with van der Waals surface area (Å²) in [6.07, 6.45) is 9.87. The number of halogens is 3. The molecule has 0 bridgehead atoms. The molecule has 4 aromatic carbocycles. The lowest BCUT2D eigenvalue weighted by molar-refractivity contribution is -0.120. The monoisotopic (exact) mass is 1010 g/mol. The highest BCUT2D eigenvalue weighted by atomic mass is 35.5. The van der Waals surface area contributed by atoms with Gasteiger partial charge in [0.05, 0.1) is 22.7 Å². The second kappa shape index (κ2) is 21.1. The number of anilines is 1. The molecule has 0 radical (unpaired) electrons. The number of aliphatic hydroxyl groups excluding tert-OH is 1. The van der Waals surface area contributed by atoms with Crippen LogP contribution in [0.5, 0.6) is 11.5 Å². The Balaban J connectivity index is 0.744. The number of amides is 4. The number of nitrogens with zero attached hydrogens (tertiary/aromatic N) is 5. The Morgan fingerprint density at radius 3 is 2.50 bits per heavy atom. The Morgan fingerprint density at radius 2 is 1.76 bits per heavy atom. The molecule has 72 heavy (non-hydrogen) atoms. The molecule has 3 saturated heterocycles. The third-order valence-electron chi connectivity index (χ3n) is 16.3. The average Bonchev–Trinajstić information content (AvgIpc) is 3.86. The van der Waals surface area contributed by atoms with Crippen LogP contribution < -0.4 is 30.7 Å². The molecule has 14 nitrogen and oxygen atoms in total. The zero-order chi connectivity index (χ0) is 50.3. The van der Waals surface area contributed by atoms with E-state index in [1.54, 1.807) is 4.90 Å². The third-order valence-corrected chi connectivity index (χ3v) is 16.7. The van der Waals surface area contributed by atoms with Gasteiger partial charge in [-0.25, -0.2) is 13.6 Å². The number of aliphatic hydroxyl groups is 1. The van der Waals surface area contributed by atoms with Gasteiger partial charge in [-0.3, -0.25) is 24.5 Å². The molecule has 10 rings (SSSR count). The number of aromatic nitrogens is 2. The SMILES string of the molecule is C[C@H]1c2c(cc(F)c(Cl)c2-c2c(C(N)=O)ccc(OCCO)c2F)O[C@]1(CCN[C@H]1CCC[C@H](CN2CCC(N3CCC(c4ccc5c(N6CCC(=O)NC6=O)nn(C)c5c4)CC3)CC2)C1)c1ccccc1. The molecule has 4 atom stereocenters. The van der Waals surface area contributed by atoms with Crippen molar-refractivity contribution in [3.8, 4) is 22.6 Å². The molecule has 5 N–H and O–H groups in total. The summed E-state index contributed by atoms with van der Waals surface area (Å²) in [4.78, 5) is 44.1. The number of primary amides is 1. The van der Waals surface area contributed by atoms with Crippen molar-refractivity contribution in [3.05, 3.63) is 106 Å². The van der Waals surface area contributed by atoms with Gasteiger partial charge < -0.3 is 35.4 Å². The van der Waals surface area contributed by atoms with Gasteiger partial charge in [0.25, 0.3) is 0 Å². The summed E-state index contributed by atoms with van der Waals surface area (Å²) in [6.45, 7) is 7.83. The molecule has 1 aliphatic carbocycles. The number of benzene rings is 4. The molecule has 382 valence electrons. The first-order valence-electron chi connectivity index (χ1n) is 25.7. The highest BCUT2D eigenvalue weighted by Gasteiger charge is 2.50. The number of hydrogen-bond donors (Lipinski definition) is 4. The molecule has 4 amide bonds. The van der Waals surface area contributed by atoms with Crippen molar-refractivity contribution < 1.29 is 37.7 Å². The Kier molecular flexibility index (Phi) is 14.6. The minimum absolute atomic E-state index is 0.00552. The fraction of sp³-hybridized carbons (Fsp3) is 0.491. The number of piperidine rings is 2. The highest BCUT2D eigenvalue weighted by Crippen LogP contribution is 2.58. The summed E-state index contributed by atoms with van der Waals surface area (Å²) < 4.78 is 46.6. The molecule has 1 aromatic heterocycles. The van der Waals surface area contributed by atoms with E-state index in [0.29, 0.717) is 54.8 Å². The maximum absolute atomic E-state index is 16.5. The van der Waals surface area contributed by atoms with Crippen LogP contribution in [0.4, 0.5) is 19.4 Å². The van der Waals surface area contributed by atoms with E-state index in [9.17, 15) is 19.5 Å². The van der Waals surface area contributed by atoms with E-state index in [1.165, 1.54) is 43.0 Å². The van der Waals surface area contributed by atoms with Crippen molar-refractivity contribution >= 4 is 46.2 Å². The van der Waals surface area contributed by atoms with Crippen molar-refractivity contribution in [2.45, 2.75) is 101 Å². The number of fused-ring (bicyclic) bond motifs is 2. The fourth-order valence-corrected chi connectivity index (χ4v) is 12.9. The van der Waals surface area contributed by atoms with E-state index in [0.717, 1.165) is 81.3 Å². The summed E-state index contributed by atoms with van der Waals surface area (Å²) in [7, 11) is 1.91. The molecule has 5 aliphatic rings. The van der Waals surface area contributed by atoms with Gasteiger partial charge in [0.2, 0.25) is 11.8 Å². The van der Waals surface area contributed by atoms with E-state index in [2.05, 4.69) is 43.7 Å². The van der Waals surface area contributed by atoms with Gasteiger partial charge in [-0.15, -0.1) is 0 Å². The molecule has 5 aromatic rings. The number of carbonyl (C=O) groups is 3. The topological polar surface area (TPSA) is 168 Å². The maximum atomic E-state index is 16.5. The van der Waals surface area contributed by atoms with E-state index in [-0.39, 0.29) is 58.8 Å². The minimum Gasteiger partial charge on any atom is -0.488 e. The number of aryl methyl sites for hydroxylation is 1. The molecule has 1 saturated carbocycles. The van der Waals surface area contributed by atoms with Gasteiger partial charge in [-0.05, 0) is 125 Å². The molecule has 4 aliphatic heterocycles. The molecule has 4 fully saturated rings.